The Kier molecular flexibility index (Phi) is 4.46. The molecule has 17 heavy (non-hydrogen) atoms. The van der Waals surface area contributed by atoms with Crippen LogP contribution in [0.5, 0.6) is 0 Å². The summed E-state index contributed by atoms with van der Waals surface area (Å²) in [5, 5.41) is 7.57. The summed E-state index contributed by atoms with van der Waals surface area (Å²) in [6.07, 6.45) is 1.73. The molecule has 0 spiro atoms. The summed E-state index contributed by atoms with van der Waals surface area (Å²) in [5.74, 6) is 0.377. The van der Waals surface area contributed by atoms with Crippen LogP contribution in [0.1, 0.15) is 33.3 Å². The minimum absolute atomic E-state index is 0.0207. The SMILES string of the molecule is Cc1cnn(CC(C)CNC(C)(C)C)c(=O)c1. The van der Waals surface area contributed by atoms with E-state index in [0.717, 1.165) is 12.1 Å². The fraction of sp³-hybridized carbons (Fsp3) is 0.692. The van der Waals surface area contributed by atoms with Gasteiger partial charge in [0.2, 0.25) is 0 Å². The highest BCUT2D eigenvalue weighted by Crippen LogP contribution is 2.02. The Labute approximate surface area is 103 Å². The van der Waals surface area contributed by atoms with Crippen molar-refractivity contribution in [1.82, 2.24) is 15.1 Å². The molecular formula is C13H23N3O. The molecule has 1 N–H and O–H groups in total. The standard InChI is InChI=1S/C13H23N3O/c1-10-6-12(17)16(15-8-10)9-11(2)7-14-13(3,4)5/h6,8,11,14H,7,9H2,1-5H3. The van der Waals surface area contributed by atoms with Gasteiger partial charge in [-0.05, 0) is 45.7 Å². The normalized spacial score (nSPS) is 13.7. The average Bonchev–Trinajstić information content (AvgIpc) is 2.18. The van der Waals surface area contributed by atoms with Crippen LogP contribution >= 0.6 is 0 Å². The van der Waals surface area contributed by atoms with Crippen LogP contribution < -0.4 is 10.9 Å². The molecule has 1 heterocycles. The maximum absolute atomic E-state index is 11.7. The predicted octanol–water partition coefficient (Wildman–Crippen LogP) is 1.58. The van der Waals surface area contributed by atoms with Gasteiger partial charge in [0.05, 0.1) is 6.20 Å². The largest absolute Gasteiger partial charge is 0.312 e. The van der Waals surface area contributed by atoms with Gasteiger partial charge in [-0.25, -0.2) is 4.68 Å². The Morgan fingerprint density at radius 3 is 2.65 bits per heavy atom. The van der Waals surface area contributed by atoms with E-state index in [4.69, 9.17) is 0 Å². The molecule has 1 unspecified atom stereocenters. The molecule has 0 aliphatic rings. The fourth-order valence-corrected chi connectivity index (χ4v) is 1.50. The molecule has 1 aromatic rings. The van der Waals surface area contributed by atoms with Gasteiger partial charge in [0.15, 0.2) is 0 Å². The zero-order valence-corrected chi connectivity index (χ0v) is 11.4. The third kappa shape index (κ3) is 5.13. The number of hydrogen-bond acceptors (Lipinski definition) is 3. The first-order chi connectivity index (χ1) is 7.78. The molecule has 0 aliphatic heterocycles. The molecule has 1 atom stereocenters. The van der Waals surface area contributed by atoms with Crippen LogP contribution in [-0.4, -0.2) is 21.9 Å². The second-order valence-corrected chi connectivity index (χ2v) is 5.79. The first-order valence-electron chi connectivity index (χ1n) is 6.07. The molecule has 4 heteroatoms. The maximum atomic E-state index is 11.7. The van der Waals surface area contributed by atoms with E-state index < -0.39 is 0 Å². The van der Waals surface area contributed by atoms with Crippen LogP contribution in [-0.2, 0) is 6.54 Å². The molecule has 96 valence electrons. The summed E-state index contributed by atoms with van der Waals surface area (Å²) < 4.78 is 1.53. The summed E-state index contributed by atoms with van der Waals surface area (Å²) in [6, 6.07) is 1.62. The van der Waals surface area contributed by atoms with Crippen LogP contribution in [0.15, 0.2) is 17.1 Å². The average molecular weight is 237 g/mol. The van der Waals surface area contributed by atoms with Crippen LogP contribution in [0, 0.1) is 12.8 Å². The van der Waals surface area contributed by atoms with Gasteiger partial charge in [-0.1, -0.05) is 6.92 Å². The number of nitrogens with one attached hydrogen (secondary N) is 1. The molecule has 0 amide bonds. The number of aromatic nitrogens is 2. The second-order valence-electron chi connectivity index (χ2n) is 5.79. The maximum Gasteiger partial charge on any atom is 0.266 e. The molecule has 0 bridgehead atoms. The van der Waals surface area contributed by atoms with Gasteiger partial charge in [0.1, 0.15) is 0 Å². The van der Waals surface area contributed by atoms with Crippen molar-refractivity contribution in [2.45, 2.75) is 46.7 Å². The van der Waals surface area contributed by atoms with Gasteiger partial charge in [-0.3, -0.25) is 4.79 Å². The van der Waals surface area contributed by atoms with Gasteiger partial charge < -0.3 is 5.32 Å². The fourth-order valence-electron chi connectivity index (χ4n) is 1.50. The number of rotatable bonds is 4. The zero-order chi connectivity index (χ0) is 13.1. The van der Waals surface area contributed by atoms with E-state index >= 15 is 0 Å². The van der Waals surface area contributed by atoms with E-state index in [1.807, 2.05) is 6.92 Å². The molecule has 0 radical (unpaired) electrons. The monoisotopic (exact) mass is 237 g/mol. The quantitative estimate of drug-likeness (QED) is 0.864. The van der Waals surface area contributed by atoms with Crippen molar-refractivity contribution >= 4 is 0 Å². The lowest BCUT2D eigenvalue weighted by Gasteiger charge is -2.23. The van der Waals surface area contributed by atoms with Gasteiger partial charge >= 0.3 is 0 Å². The molecule has 4 nitrogen and oxygen atoms in total. The summed E-state index contributed by atoms with van der Waals surface area (Å²) >= 11 is 0. The summed E-state index contributed by atoms with van der Waals surface area (Å²) in [4.78, 5) is 11.7. The topological polar surface area (TPSA) is 46.9 Å². The van der Waals surface area contributed by atoms with Crippen molar-refractivity contribution in [1.29, 1.82) is 0 Å². The second kappa shape index (κ2) is 5.45. The molecule has 0 saturated carbocycles. The van der Waals surface area contributed by atoms with Crippen LogP contribution in [0.25, 0.3) is 0 Å². The van der Waals surface area contributed by atoms with E-state index in [2.05, 4.69) is 38.1 Å². The molecule has 0 aromatic carbocycles. The highest BCUT2D eigenvalue weighted by atomic mass is 16.1. The summed E-state index contributed by atoms with van der Waals surface area (Å²) in [6.45, 7) is 11.9. The Morgan fingerprint density at radius 1 is 1.47 bits per heavy atom. The first-order valence-corrected chi connectivity index (χ1v) is 6.07. The van der Waals surface area contributed by atoms with Gasteiger partial charge in [0, 0.05) is 18.2 Å². The lowest BCUT2D eigenvalue weighted by atomic mass is 10.1. The number of hydrogen-bond donors (Lipinski definition) is 1. The van der Waals surface area contributed by atoms with Gasteiger partial charge in [-0.2, -0.15) is 5.10 Å². The predicted molar refractivity (Wildman–Crippen MR) is 70.2 cm³/mol. The Morgan fingerprint density at radius 2 is 2.12 bits per heavy atom. The minimum atomic E-state index is -0.0207. The lowest BCUT2D eigenvalue weighted by molar-refractivity contribution is 0.347. The first kappa shape index (κ1) is 13.9. The Hall–Kier alpha value is -1.16. The van der Waals surface area contributed by atoms with Crippen molar-refractivity contribution in [2.24, 2.45) is 5.92 Å². The molecule has 0 fully saturated rings. The third-order valence-electron chi connectivity index (χ3n) is 2.47. The van der Waals surface area contributed by atoms with Gasteiger partial charge in [-0.15, -0.1) is 0 Å². The van der Waals surface area contributed by atoms with Crippen LogP contribution in [0.3, 0.4) is 0 Å². The smallest absolute Gasteiger partial charge is 0.266 e. The molecular weight excluding hydrogens is 214 g/mol. The van der Waals surface area contributed by atoms with Crippen LogP contribution in [0.4, 0.5) is 0 Å². The highest BCUT2D eigenvalue weighted by Gasteiger charge is 2.12. The summed E-state index contributed by atoms with van der Waals surface area (Å²) in [7, 11) is 0. The van der Waals surface area contributed by atoms with Crippen molar-refractivity contribution in [3.8, 4) is 0 Å². The number of aryl methyl sites for hydroxylation is 1. The third-order valence-corrected chi connectivity index (χ3v) is 2.47. The van der Waals surface area contributed by atoms with Crippen molar-refractivity contribution < 1.29 is 0 Å². The molecule has 1 rings (SSSR count). The summed E-state index contributed by atoms with van der Waals surface area (Å²) in [5.41, 5.74) is 0.999. The van der Waals surface area contributed by atoms with E-state index in [-0.39, 0.29) is 11.1 Å². The molecule has 0 saturated heterocycles. The van der Waals surface area contributed by atoms with E-state index in [0.29, 0.717) is 12.5 Å². The van der Waals surface area contributed by atoms with E-state index in [1.165, 1.54) is 4.68 Å². The minimum Gasteiger partial charge on any atom is -0.312 e. The molecule has 0 aliphatic carbocycles. The van der Waals surface area contributed by atoms with Crippen molar-refractivity contribution in [2.75, 3.05) is 6.54 Å². The Balaban J connectivity index is 2.56. The molecule has 1 aromatic heterocycles. The lowest BCUT2D eigenvalue weighted by Crippen LogP contribution is -2.40. The van der Waals surface area contributed by atoms with E-state index in [9.17, 15) is 4.79 Å². The zero-order valence-electron chi connectivity index (χ0n) is 11.4. The number of nitrogens with zero attached hydrogens (tertiary/aromatic N) is 2. The Bertz CT molecular complexity index is 417. The van der Waals surface area contributed by atoms with Crippen molar-refractivity contribution in [3.05, 3.63) is 28.2 Å². The highest BCUT2D eigenvalue weighted by molar-refractivity contribution is 5.02. The van der Waals surface area contributed by atoms with Gasteiger partial charge in [0.25, 0.3) is 5.56 Å². The van der Waals surface area contributed by atoms with Crippen molar-refractivity contribution in [3.63, 3.8) is 0 Å². The van der Waals surface area contributed by atoms with E-state index in [1.54, 1.807) is 12.3 Å². The van der Waals surface area contributed by atoms with Crippen LogP contribution in [0.2, 0.25) is 0 Å².